The number of carbonyl (C=O) groups excluding carboxylic acids is 1. The van der Waals surface area contributed by atoms with Crippen molar-refractivity contribution in [2.24, 2.45) is 0 Å². The Morgan fingerprint density at radius 3 is 2.11 bits per heavy atom. The zero-order chi connectivity index (χ0) is 18.8. The van der Waals surface area contributed by atoms with E-state index in [0.29, 0.717) is 10.0 Å². The number of benzene rings is 3. The molecule has 5 heteroatoms. The predicted molar refractivity (Wildman–Crippen MR) is 108 cm³/mol. The molecule has 0 radical (unpaired) electrons. The summed E-state index contributed by atoms with van der Waals surface area (Å²) in [6.07, 6.45) is 0. The Morgan fingerprint density at radius 2 is 1.48 bits per heavy atom. The molecule has 0 spiro atoms. The fourth-order valence-corrected chi connectivity index (χ4v) is 3.51. The maximum absolute atomic E-state index is 14.2. The molecule has 0 aromatic heterocycles. The van der Waals surface area contributed by atoms with Gasteiger partial charge in [0.2, 0.25) is 0 Å². The molecule has 0 aliphatic carbocycles. The first-order chi connectivity index (χ1) is 13.1. The lowest BCUT2D eigenvalue weighted by atomic mass is 9.88. The molecule has 1 aliphatic heterocycles. The summed E-state index contributed by atoms with van der Waals surface area (Å²) < 4.78 is 14.6. The zero-order valence-electron chi connectivity index (χ0n) is 14.2. The Bertz CT molecular complexity index is 1020. The van der Waals surface area contributed by atoms with Crippen LogP contribution in [-0.4, -0.2) is 6.03 Å². The predicted octanol–water partition coefficient (Wildman–Crippen LogP) is 5.51. The summed E-state index contributed by atoms with van der Waals surface area (Å²) in [5.74, 6) is -0.367. The molecule has 0 bridgehead atoms. The molecule has 1 aliphatic rings. The molecule has 3 aromatic rings. The highest BCUT2D eigenvalue weighted by Crippen LogP contribution is 2.38. The van der Waals surface area contributed by atoms with Crippen LogP contribution >= 0.6 is 15.9 Å². The first kappa shape index (κ1) is 17.5. The van der Waals surface area contributed by atoms with Crippen LogP contribution in [0.5, 0.6) is 0 Å². The molecule has 1 heterocycles. The molecule has 0 saturated carbocycles. The van der Waals surface area contributed by atoms with E-state index in [1.165, 1.54) is 6.07 Å². The van der Waals surface area contributed by atoms with E-state index in [0.717, 1.165) is 22.4 Å². The Hall–Kier alpha value is -2.92. The van der Waals surface area contributed by atoms with Crippen LogP contribution in [0.25, 0.3) is 11.3 Å². The van der Waals surface area contributed by atoms with Crippen LogP contribution in [0.2, 0.25) is 0 Å². The van der Waals surface area contributed by atoms with Gasteiger partial charge in [-0.2, -0.15) is 0 Å². The van der Waals surface area contributed by atoms with E-state index in [1.807, 2.05) is 66.7 Å². The van der Waals surface area contributed by atoms with Crippen molar-refractivity contribution in [3.63, 3.8) is 0 Å². The molecule has 1 unspecified atom stereocenters. The van der Waals surface area contributed by atoms with Crippen LogP contribution in [-0.2, 0) is 0 Å². The molecule has 2 amide bonds. The summed E-state index contributed by atoms with van der Waals surface area (Å²) in [5.41, 5.74) is 4.14. The van der Waals surface area contributed by atoms with E-state index in [4.69, 9.17) is 0 Å². The second kappa shape index (κ2) is 7.37. The molecular formula is C22H16BrFN2O. The van der Waals surface area contributed by atoms with Gasteiger partial charge in [-0.25, -0.2) is 9.18 Å². The average molecular weight is 423 g/mol. The van der Waals surface area contributed by atoms with E-state index >= 15 is 0 Å². The third-order valence-corrected chi connectivity index (χ3v) is 5.14. The Morgan fingerprint density at radius 1 is 0.852 bits per heavy atom. The van der Waals surface area contributed by atoms with Gasteiger partial charge in [-0.1, -0.05) is 66.7 Å². The van der Waals surface area contributed by atoms with Gasteiger partial charge in [0.15, 0.2) is 0 Å². The van der Waals surface area contributed by atoms with Gasteiger partial charge in [-0.15, -0.1) is 0 Å². The fraction of sp³-hybridized carbons (Fsp3) is 0.0455. The zero-order valence-corrected chi connectivity index (χ0v) is 15.8. The molecule has 3 nitrogen and oxygen atoms in total. The van der Waals surface area contributed by atoms with E-state index in [-0.39, 0.29) is 11.8 Å². The van der Waals surface area contributed by atoms with Crippen LogP contribution < -0.4 is 10.6 Å². The van der Waals surface area contributed by atoms with Gasteiger partial charge >= 0.3 is 6.03 Å². The second-order valence-corrected chi connectivity index (χ2v) is 7.08. The lowest BCUT2D eigenvalue weighted by molar-refractivity contribution is 0.242. The molecule has 0 saturated heterocycles. The van der Waals surface area contributed by atoms with Crippen molar-refractivity contribution in [1.82, 2.24) is 10.6 Å². The highest BCUT2D eigenvalue weighted by atomic mass is 79.9. The average Bonchev–Trinajstić information content (AvgIpc) is 2.71. The largest absolute Gasteiger partial charge is 0.327 e. The number of nitrogens with one attached hydrogen (secondary N) is 2. The van der Waals surface area contributed by atoms with Crippen molar-refractivity contribution in [2.75, 3.05) is 0 Å². The summed E-state index contributed by atoms with van der Waals surface area (Å²) in [4.78, 5) is 12.4. The summed E-state index contributed by atoms with van der Waals surface area (Å²) >= 11 is 3.19. The quantitative estimate of drug-likeness (QED) is 0.573. The molecule has 27 heavy (non-hydrogen) atoms. The summed E-state index contributed by atoms with van der Waals surface area (Å²) in [5, 5.41) is 5.87. The summed E-state index contributed by atoms with van der Waals surface area (Å²) in [7, 11) is 0. The van der Waals surface area contributed by atoms with Crippen molar-refractivity contribution in [1.29, 1.82) is 0 Å². The summed E-state index contributed by atoms with van der Waals surface area (Å²) in [6.45, 7) is 0. The fourth-order valence-electron chi connectivity index (χ4n) is 3.27. The standard InChI is InChI=1S/C22H16BrFN2O/c23-17-12-11-16(13-18(17)24)21-19(14-7-3-1-4-8-14)20(25-22(27)26-21)15-9-5-2-6-10-15/h1-13,21H,(H2,25,26,27). The van der Waals surface area contributed by atoms with Gasteiger partial charge in [0, 0.05) is 5.57 Å². The van der Waals surface area contributed by atoms with Gasteiger partial charge in [-0.3, -0.25) is 0 Å². The topological polar surface area (TPSA) is 41.1 Å². The molecule has 4 rings (SSSR count). The monoisotopic (exact) mass is 422 g/mol. The van der Waals surface area contributed by atoms with Crippen LogP contribution in [0.1, 0.15) is 22.7 Å². The van der Waals surface area contributed by atoms with Crippen molar-refractivity contribution in [3.8, 4) is 0 Å². The molecule has 1 atom stereocenters. The first-order valence-electron chi connectivity index (χ1n) is 8.51. The van der Waals surface area contributed by atoms with E-state index in [2.05, 4.69) is 26.6 Å². The lowest BCUT2D eigenvalue weighted by Crippen LogP contribution is -2.43. The van der Waals surface area contributed by atoms with Crippen molar-refractivity contribution in [3.05, 3.63) is 106 Å². The Kier molecular flexibility index (Phi) is 4.77. The minimum atomic E-state index is -0.473. The van der Waals surface area contributed by atoms with Crippen molar-refractivity contribution >= 4 is 33.2 Å². The smallest absolute Gasteiger partial charge is 0.320 e. The van der Waals surface area contributed by atoms with E-state index in [9.17, 15) is 9.18 Å². The lowest BCUT2D eigenvalue weighted by Gasteiger charge is -2.31. The summed E-state index contributed by atoms with van der Waals surface area (Å²) in [6, 6.07) is 23.6. The number of rotatable bonds is 3. The number of halogens is 2. The second-order valence-electron chi connectivity index (χ2n) is 6.23. The number of urea groups is 1. The molecule has 3 aromatic carbocycles. The Labute approximate surface area is 165 Å². The van der Waals surface area contributed by atoms with Crippen LogP contribution in [0.4, 0.5) is 9.18 Å². The van der Waals surface area contributed by atoms with Crippen LogP contribution in [0.3, 0.4) is 0 Å². The van der Waals surface area contributed by atoms with Crippen LogP contribution in [0.15, 0.2) is 83.3 Å². The Balaban J connectivity index is 1.95. The maximum atomic E-state index is 14.2. The van der Waals surface area contributed by atoms with Gasteiger partial charge in [-0.05, 0) is 44.8 Å². The molecule has 134 valence electrons. The van der Waals surface area contributed by atoms with Gasteiger partial charge in [0.05, 0.1) is 16.2 Å². The number of amides is 2. The molecule has 0 fully saturated rings. The maximum Gasteiger partial charge on any atom is 0.320 e. The number of hydrogen-bond acceptors (Lipinski definition) is 1. The van der Waals surface area contributed by atoms with Crippen molar-refractivity contribution in [2.45, 2.75) is 6.04 Å². The van der Waals surface area contributed by atoms with Gasteiger partial charge in [0.1, 0.15) is 5.82 Å². The van der Waals surface area contributed by atoms with E-state index in [1.54, 1.807) is 6.07 Å². The minimum Gasteiger partial charge on any atom is -0.327 e. The van der Waals surface area contributed by atoms with Crippen molar-refractivity contribution < 1.29 is 9.18 Å². The highest BCUT2D eigenvalue weighted by Gasteiger charge is 2.30. The number of carbonyl (C=O) groups is 1. The third-order valence-electron chi connectivity index (χ3n) is 4.50. The third kappa shape index (κ3) is 3.51. The van der Waals surface area contributed by atoms with Gasteiger partial charge < -0.3 is 10.6 Å². The molecule has 2 N–H and O–H groups in total. The first-order valence-corrected chi connectivity index (χ1v) is 9.30. The van der Waals surface area contributed by atoms with E-state index < -0.39 is 6.04 Å². The highest BCUT2D eigenvalue weighted by molar-refractivity contribution is 9.10. The SMILES string of the molecule is O=C1NC(c2ccccc2)=C(c2ccccc2)C(c2ccc(Br)c(F)c2)N1. The normalized spacial score (nSPS) is 16.7. The molecular weight excluding hydrogens is 407 g/mol. The number of hydrogen-bond donors (Lipinski definition) is 2. The minimum absolute atomic E-state index is 0.318. The van der Waals surface area contributed by atoms with Crippen LogP contribution in [0, 0.1) is 5.82 Å². The van der Waals surface area contributed by atoms with Gasteiger partial charge in [0.25, 0.3) is 0 Å².